The van der Waals surface area contributed by atoms with Crippen molar-refractivity contribution in [2.45, 2.75) is 44.7 Å². The van der Waals surface area contributed by atoms with Gasteiger partial charge < -0.3 is 4.90 Å². The number of fused-ring (bicyclic) bond motifs is 1. The molecular formula is C14H16BrNO. The first kappa shape index (κ1) is 11.3. The van der Waals surface area contributed by atoms with Crippen molar-refractivity contribution in [3.63, 3.8) is 0 Å². The fraction of sp³-hybridized carbons (Fsp3) is 0.500. The van der Waals surface area contributed by atoms with Crippen LogP contribution in [-0.2, 0) is 6.54 Å². The normalized spacial score (nSPS) is 20.8. The summed E-state index contributed by atoms with van der Waals surface area (Å²) in [6, 6.07) is 6.39. The predicted octanol–water partition coefficient (Wildman–Crippen LogP) is 3.74. The number of hydrogen-bond acceptors (Lipinski definition) is 1. The molecule has 2 nitrogen and oxygen atoms in total. The van der Waals surface area contributed by atoms with Crippen LogP contribution in [0.15, 0.2) is 22.7 Å². The van der Waals surface area contributed by atoms with Crippen molar-refractivity contribution >= 4 is 21.8 Å². The van der Waals surface area contributed by atoms with Crippen molar-refractivity contribution in [1.29, 1.82) is 0 Å². The topological polar surface area (TPSA) is 20.3 Å². The third kappa shape index (κ3) is 1.90. The molecule has 3 rings (SSSR count). The standard InChI is InChI=1S/C14H16BrNO/c15-13-8-4-7-11-12(13)9-16(14(11)17)10-5-2-1-3-6-10/h4,7-8,10H,1-3,5-6,9H2. The van der Waals surface area contributed by atoms with E-state index in [0.29, 0.717) is 6.04 Å². The molecule has 1 aromatic rings. The van der Waals surface area contributed by atoms with Crippen LogP contribution in [-0.4, -0.2) is 16.8 Å². The van der Waals surface area contributed by atoms with Gasteiger partial charge in [0.25, 0.3) is 5.91 Å². The van der Waals surface area contributed by atoms with Gasteiger partial charge in [0.05, 0.1) is 0 Å². The van der Waals surface area contributed by atoms with E-state index in [-0.39, 0.29) is 5.91 Å². The molecule has 0 radical (unpaired) electrons. The Kier molecular flexibility index (Phi) is 2.95. The largest absolute Gasteiger partial charge is 0.331 e. The number of halogens is 1. The van der Waals surface area contributed by atoms with Gasteiger partial charge in [-0.3, -0.25) is 4.79 Å². The van der Waals surface area contributed by atoms with Gasteiger partial charge in [-0.15, -0.1) is 0 Å². The van der Waals surface area contributed by atoms with Crippen LogP contribution >= 0.6 is 15.9 Å². The van der Waals surface area contributed by atoms with Gasteiger partial charge in [0.15, 0.2) is 0 Å². The molecule has 1 aliphatic carbocycles. The smallest absolute Gasteiger partial charge is 0.254 e. The van der Waals surface area contributed by atoms with Gasteiger partial charge in [-0.25, -0.2) is 0 Å². The number of nitrogens with zero attached hydrogens (tertiary/aromatic N) is 1. The minimum absolute atomic E-state index is 0.230. The molecule has 3 heteroatoms. The van der Waals surface area contributed by atoms with E-state index in [2.05, 4.69) is 20.8 Å². The number of benzene rings is 1. The highest BCUT2D eigenvalue weighted by Crippen LogP contribution is 2.34. The van der Waals surface area contributed by atoms with Crippen molar-refractivity contribution in [2.24, 2.45) is 0 Å². The van der Waals surface area contributed by atoms with E-state index in [1.807, 2.05) is 18.2 Å². The SMILES string of the molecule is O=C1c2cccc(Br)c2CN1C1CCCCC1. The summed E-state index contributed by atoms with van der Waals surface area (Å²) < 4.78 is 1.07. The summed E-state index contributed by atoms with van der Waals surface area (Å²) in [6.07, 6.45) is 6.22. The first-order valence-electron chi connectivity index (χ1n) is 6.36. The first-order valence-corrected chi connectivity index (χ1v) is 7.15. The van der Waals surface area contributed by atoms with E-state index in [1.165, 1.54) is 37.7 Å². The summed E-state index contributed by atoms with van der Waals surface area (Å²) in [5, 5.41) is 0. The molecule has 0 aromatic heterocycles. The molecular weight excluding hydrogens is 278 g/mol. The van der Waals surface area contributed by atoms with Gasteiger partial charge >= 0.3 is 0 Å². The molecule has 0 saturated heterocycles. The van der Waals surface area contributed by atoms with Crippen molar-refractivity contribution < 1.29 is 4.79 Å². The Morgan fingerprint density at radius 3 is 2.65 bits per heavy atom. The van der Waals surface area contributed by atoms with Gasteiger partial charge in [0.1, 0.15) is 0 Å². The number of carbonyl (C=O) groups excluding carboxylic acids is 1. The Morgan fingerprint density at radius 1 is 1.18 bits per heavy atom. The highest BCUT2D eigenvalue weighted by atomic mass is 79.9. The predicted molar refractivity (Wildman–Crippen MR) is 70.9 cm³/mol. The summed E-state index contributed by atoms with van der Waals surface area (Å²) in [5.41, 5.74) is 2.06. The van der Waals surface area contributed by atoms with E-state index in [1.54, 1.807) is 0 Å². The van der Waals surface area contributed by atoms with Gasteiger partial charge in [0.2, 0.25) is 0 Å². The van der Waals surface area contributed by atoms with Crippen LogP contribution in [0.25, 0.3) is 0 Å². The van der Waals surface area contributed by atoms with Crippen LogP contribution in [0, 0.1) is 0 Å². The Bertz CT molecular complexity index is 452. The molecule has 1 aromatic carbocycles. The highest BCUT2D eigenvalue weighted by Gasteiger charge is 2.33. The zero-order valence-corrected chi connectivity index (χ0v) is 11.4. The molecule has 0 spiro atoms. The molecule has 90 valence electrons. The van der Waals surface area contributed by atoms with Crippen LogP contribution < -0.4 is 0 Å². The summed E-state index contributed by atoms with van der Waals surface area (Å²) in [4.78, 5) is 14.4. The van der Waals surface area contributed by atoms with Gasteiger partial charge in [0, 0.05) is 22.6 Å². The van der Waals surface area contributed by atoms with E-state index >= 15 is 0 Å². The van der Waals surface area contributed by atoms with Gasteiger partial charge in [-0.05, 0) is 30.5 Å². The number of hydrogen-bond donors (Lipinski definition) is 0. The maximum absolute atomic E-state index is 12.4. The van der Waals surface area contributed by atoms with Crippen molar-refractivity contribution in [3.05, 3.63) is 33.8 Å². The maximum atomic E-state index is 12.4. The molecule has 0 N–H and O–H groups in total. The fourth-order valence-electron chi connectivity index (χ4n) is 3.00. The summed E-state index contributed by atoms with van der Waals surface area (Å²) in [5.74, 6) is 0.230. The number of carbonyl (C=O) groups is 1. The van der Waals surface area contributed by atoms with Crippen molar-refractivity contribution in [3.8, 4) is 0 Å². The second-order valence-electron chi connectivity index (χ2n) is 4.99. The average molecular weight is 294 g/mol. The summed E-state index contributed by atoms with van der Waals surface area (Å²) >= 11 is 3.55. The molecule has 1 amide bonds. The highest BCUT2D eigenvalue weighted by molar-refractivity contribution is 9.10. The number of amides is 1. The Morgan fingerprint density at radius 2 is 1.94 bits per heavy atom. The van der Waals surface area contributed by atoms with E-state index in [9.17, 15) is 4.79 Å². The Balaban J connectivity index is 1.88. The second kappa shape index (κ2) is 4.45. The molecule has 1 fully saturated rings. The molecule has 1 saturated carbocycles. The molecule has 0 atom stereocenters. The lowest BCUT2D eigenvalue weighted by Crippen LogP contribution is -2.36. The van der Waals surface area contributed by atoms with Crippen molar-refractivity contribution in [2.75, 3.05) is 0 Å². The zero-order chi connectivity index (χ0) is 11.8. The van der Waals surface area contributed by atoms with Gasteiger partial charge in [-0.1, -0.05) is 41.3 Å². The molecule has 2 aliphatic rings. The summed E-state index contributed by atoms with van der Waals surface area (Å²) in [6.45, 7) is 0.792. The van der Waals surface area contributed by atoms with E-state index in [4.69, 9.17) is 0 Å². The van der Waals surface area contributed by atoms with Crippen molar-refractivity contribution in [1.82, 2.24) is 4.90 Å². The monoisotopic (exact) mass is 293 g/mol. The molecule has 17 heavy (non-hydrogen) atoms. The third-order valence-electron chi connectivity index (χ3n) is 3.95. The maximum Gasteiger partial charge on any atom is 0.254 e. The lowest BCUT2D eigenvalue weighted by molar-refractivity contribution is 0.0660. The lowest BCUT2D eigenvalue weighted by atomic mass is 9.94. The Hall–Kier alpha value is -0.830. The average Bonchev–Trinajstić information content (AvgIpc) is 2.70. The molecule has 0 bridgehead atoms. The van der Waals surface area contributed by atoms with Gasteiger partial charge in [-0.2, -0.15) is 0 Å². The number of rotatable bonds is 1. The van der Waals surface area contributed by atoms with Crippen LogP contribution in [0.1, 0.15) is 48.0 Å². The van der Waals surface area contributed by atoms with Crippen LogP contribution in [0.3, 0.4) is 0 Å². The first-order chi connectivity index (χ1) is 8.27. The fourth-order valence-corrected chi connectivity index (χ4v) is 3.50. The minimum atomic E-state index is 0.230. The molecule has 1 heterocycles. The van der Waals surface area contributed by atoms with Crippen LogP contribution in [0.4, 0.5) is 0 Å². The molecule has 0 unspecified atom stereocenters. The van der Waals surface area contributed by atoms with Crippen LogP contribution in [0.5, 0.6) is 0 Å². The Labute approximate surface area is 110 Å². The zero-order valence-electron chi connectivity index (χ0n) is 9.79. The quantitative estimate of drug-likeness (QED) is 0.772. The third-order valence-corrected chi connectivity index (χ3v) is 4.70. The van der Waals surface area contributed by atoms with E-state index in [0.717, 1.165) is 16.6 Å². The van der Waals surface area contributed by atoms with E-state index < -0.39 is 0 Å². The molecule has 1 aliphatic heterocycles. The minimum Gasteiger partial charge on any atom is -0.331 e. The van der Waals surface area contributed by atoms with Crippen LogP contribution in [0.2, 0.25) is 0 Å². The lowest BCUT2D eigenvalue weighted by Gasteiger charge is -2.30. The second-order valence-corrected chi connectivity index (χ2v) is 5.85. The summed E-state index contributed by atoms with van der Waals surface area (Å²) in [7, 11) is 0.